The zero-order valence-corrected chi connectivity index (χ0v) is 9.66. The second-order valence-electron chi connectivity index (χ2n) is 4.00. The van der Waals surface area contributed by atoms with Gasteiger partial charge in [-0.15, -0.1) is 0 Å². The van der Waals surface area contributed by atoms with Crippen molar-refractivity contribution < 1.29 is 24.5 Å². The highest BCUT2D eigenvalue weighted by molar-refractivity contribution is 5.99. The van der Waals surface area contributed by atoms with Crippen molar-refractivity contribution in [3.63, 3.8) is 0 Å². The lowest BCUT2D eigenvalue weighted by Crippen LogP contribution is -2.36. The third-order valence-corrected chi connectivity index (χ3v) is 3.00. The summed E-state index contributed by atoms with van der Waals surface area (Å²) in [6.45, 7) is 1.62. The molecule has 0 saturated carbocycles. The fraction of sp³-hybridized carbons (Fsp3) is 0.231. The molecule has 2 rings (SSSR count). The van der Waals surface area contributed by atoms with Crippen molar-refractivity contribution in [2.75, 3.05) is 0 Å². The van der Waals surface area contributed by atoms with Crippen LogP contribution in [-0.4, -0.2) is 27.8 Å². The SMILES string of the molecule is CC=CC1(C(=O)O)OC1(C(=O)O)c1ccccc1. The van der Waals surface area contributed by atoms with Crippen molar-refractivity contribution in [1.82, 2.24) is 0 Å². The Bertz CT molecular complexity index is 521. The first-order valence-electron chi connectivity index (χ1n) is 5.37. The zero-order chi connectivity index (χ0) is 13.4. The maximum atomic E-state index is 11.5. The van der Waals surface area contributed by atoms with Crippen LogP contribution in [0.4, 0.5) is 0 Å². The Labute approximate surface area is 103 Å². The lowest BCUT2D eigenvalue weighted by atomic mass is 9.85. The summed E-state index contributed by atoms with van der Waals surface area (Å²) in [6, 6.07) is 8.10. The molecule has 2 N–H and O–H groups in total. The van der Waals surface area contributed by atoms with E-state index in [1.165, 1.54) is 12.2 Å². The third kappa shape index (κ3) is 1.37. The first-order chi connectivity index (χ1) is 8.51. The van der Waals surface area contributed by atoms with E-state index < -0.39 is 23.1 Å². The summed E-state index contributed by atoms with van der Waals surface area (Å²) in [4.78, 5) is 22.8. The number of aliphatic carboxylic acids is 2. The normalized spacial score (nSPS) is 30.3. The molecule has 5 nitrogen and oxygen atoms in total. The van der Waals surface area contributed by atoms with Gasteiger partial charge in [-0.05, 0) is 18.6 Å². The Balaban J connectivity index is 2.58. The minimum atomic E-state index is -1.84. The van der Waals surface area contributed by atoms with Crippen molar-refractivity contribution in [2.24, 2.45) is 0 Å². The fourth-order valence-corrected chi connectivity index (χ4v) is 2.14. The number of epoxide rings is 1. The van der Waals surface area contributed by atoms with Crippen molar-refractivity contribution >= 4 is 11.9 Å². The average Bonchev–Trinajstić information content (AvgIpc) is 3.03. The molecule has 0 aliphatic carbocycles. The van der Waals surface area contributed by atoms with Gasteiger partial charge in [0.15, 0.2) is 0 Å². The van der Waals surface area contributed by atoms with E-state index >= 15 is 0 Å². The van der Waals surface area contributed by atoms with Gasteiger partial charge in [-0.3, -0.25) is 0 Å². The molecule has 0 spiro atoms. The highest BCUT2D eigenvalue weighted by Gasteiger charge is 2.80. The second kappa shape index (κ2) is 3.96. The van der Waals surface area contributed by atoms with Gasteiger partial charge in [0, 0.05) is 0 Å². The molecule has 94 valence electrons. The number of carboxylic acids is 2. The molecule has 0 bridgehead atoms. The van der Waals surface area contributed by atoms with Crippen molar-refractivity contribution in [3.05, 3.63) is 48.0 Å². The van der Waals surface area contributed by atoms with E-state index in [1.54, 1.807) is 37.3 Å². The molecular formula is C13H12O5. The van der Waals surface area contributed by atoms with Crippen LogP contribution in [0.5, 0.6) is 0 Å². The quantitative estimate of drug-likeness (QED) is 0.621. The van der Waals surface area contributed by atoms with Crippen LogP contribution in [0.1, 0.15) is 12.5 Å². The van der Waals surface area contributed by atoms with Gasteiger partial charge in [0.1, 0.15) is 0 Å². The first kappa shape index (κ1) is 12.3. The molecule has 1 aromatic carbocycles. The van der Waals surface area contributed by atoms with Gasteiger partial charge in [-0.2, -0.15) is 0 Å². The number of rotatable bonds is 4. The van der Waals surface area contributed by atoms with E-state index in [0.717, 1.165) is 0 Å². The topological polar surface area (TPSA) is 87.1 Å². The number of hydrogen-bond donors (Lipinski definition) is 2. The molecule has 0 amide bonds. The van der Waals surface area contributed by atoms with Crippen LogP contribution in [-0.2, 0) is 19.9 Å². The van der Waals surface area contributed by atoms with Crippen LogP contribution in [0.3, 0.4) is 0 Å². The summed E-state index contributed by atoms with van der Waals surface area (Å²) in [5.41, 5.74) is -3.35. The maximum Gasteiger partial charge on any atom is 0.344 e. The van der Waals surface area contributed by atoms with E-state index in [1.807, 2.05) is 0 Å². The molecule has 0 aromatic heterocycles. The van der Waals surface area contributed by atoms with Gasteiger partial charge in [0.25, 0.3) is 0 Å². The first-order valence-corrected chi connectivity index (χ1v) is 5.37. The van der Waals surface area contributed by atoms with Crippen LogP contribution in [0.25, 0.3) is 0 Å². The van der Waals surface area contributed by atoms with Gasteiger partial charge >= 0.3 is 11.9 Å². The minimum Gasteiger partial charge on any atom is -0.479 e. The second-order valence-corrected chi connectivity index (χ2v) is 4.00. The monoisotopic (exact) mass is 248 g/mol. The lowest BCUT2D eigenvalue weighted by molar-refractivity contribution is -0.146. The highest BCUT2D eigenvalue weighted by Crippen LogP contribution is 2.57. The number of hydrogen-bond acceptors (Lipinski definition) is 3. The van der Waals surface area contributed by atoms with Gasteiger partial charge in [-0.1, -0.05) is 36.4 Å². The molecule has 5 heteroatoms. The van der Waals surface area contributed by atoms with Crippen molar-refractivity contribution in [2.45, 2.75) is 18.1 Å². The van der Waals surface area contributed by atoms with E-state index in [9.17, 15) is 19.8 Å². The summed E-state index contributed by atoms with van der Waals surface area (Å²) in [7, 11) is 0. The predicted octanol–water partition coefficient (Wildman–Crippen LogP) is 1.40. The van der Waals surface area contributed by atoms with Gasteiger partial charge in [-0.25, -0.2) is 9.59 Å². The van der Waals surface area contributed by atoms with Crippen LogP contribution in [0, 0.1) is 0 Å². The number of benzene rings is 1. The molecule has 0 radical (unpaired) electrons. The summed E-state index contributed by atoms with van der Waals surface area (Å²) >= 11 is 0. The highest BCUT2D eigenvalue weighted by atomic mass is 16.7. The average molecular weight is 248 g/mol. The Morgan fingerprint density at radius 2 is 1.78 bits per heavy atom. The summed E-state index contributed by atoms with van der Waals surface area (Å²) in [5.74, 6) is -2.62. The molecule has 18 heavy (non-hydrogen) atoms. The molecule has 1 aliphatic heterocycles. The van der Waals surface area contributed by atoms with Crippen LogP contribution in [0.2, 0.25) is 0 Å². The summed E-state index contributed by atoms with van der Waals surface area (Å²) in [5, 5.41) is 18.6. The molecule has 1 saturated heterocycles. The molecule has 1 heterocycles. The predicted molar refractivity (Wildman–Crippen MR) is 62.0 cm³/mol. The van der Waals surface area contributed by atoms with Crippen molar-refractivity contribution in [3.8, 4) is 0 Å². The van der Waals surface area contributed by atoms with E-state index in [-0.39, 0.29) is 0 Å². The summed E-state index contributed by atoms with van der Waals surface area (Å²) < 4.78 is 5.16. The van der Waals surface area contributed by atoms with Crippen LogP contribution >= 0.6 is 0 Å². The van der Waals surface area contributed by atoms with Crippen molar-refractivity contribution in [1.29, 1.82) is 0 Å². The largest absolute Gasteiger partial charge is 0.479 e. The van der Waals surface area contributed by atoms with Gasteiger partial charge < -0.3 is 14.9 Å². The van der Waals surface area contributed by atoms with E-state index in [0.29, 0.717) is 5.56 Å². The number of ether oxygens (including phenoxy) is 1. The molecule has 2 unspecified atom stereocenters. The maximum absolute atomic E-state index is 11.5. The fourth-order valence-electron chi connectivity index (χ4n) is 2.14. The smallest absolute Gasteiger partial charge is 0.344 e. The van der Waals surface area contributed by atoms with Gasteiger partial charge in [0.2, 0.25) is 11.2 Å². The van der Waals surface area contributed by atoms with Crippen LogP contribution in [0.15, 0.2) is 42.5 Å². The Kier molecular flexibility index (Phi) is 2.71. The molecule has 1 aliphatic rings. The Morgan fingerprint density at radius 1 is 1.17 bits per heavy atom. The molecule has 1 aromatic rings. The third-order valence-electron chi connectivity index (χ3n) is 3.00. The lowest BCUT2D eigenvalue weighted by Gasteiger charge is -2.10. The number of carboxylic acid groups (broad SMARTS) is 2. The molecule has 2 atom stereocenters. The standard InChI is InChI=1S/C13H12O5/c1-2-8-12(10(14)15)13(18-12,11(16)17)9-6-4-3-5-7-9/h2-8H,1H3,(H,14,15)(H,16,17). The number of allylic oxidation sites excluding steroid dienone is 1. The van der Waals surface area contributed by atoms with E-state index in [4.69, 9.17) is 4.74 Å². The minimum absolute atomic E-state index is 0.318. The Morgan fingerprint density at radius 3 is 2.22 bits per heavy atom. The van der Waals surface area contributed by atoms with Crippen LogP contribution < -0.4 is 0 Å². The molecular weight excluding hydrogens is 236 g/mol. The van der Waals surface area contributed by atoms with Gasteiger partial charge in [0.05, 0.1) is 0 Å². The summed E-state index contributed by atoms with van der Waals surface area (Å²) in [6.07, 6.45) is 2.73. The molecule has 1 fully saturated rings. The zero-order valence-electron chi connectivity index (χ0n) is 9.66. The number of carbonyl (C=O) groups is 2. The van der Waals surface area contributed by atoms with E-state index in [2.05, 4.69) is 0 Å². The Hall–Kier alpha value is -2.14.